The molecule has 3 rings (SSSR count). The lowest BCUT2D eigenvalue weighted by molar-refractivity contribution is -0.386. The largest absolute Gasteiger partial charge is 0.486 e. The molecule has 0 N–H and O–H groups in total. The van der Waals surface area contributed by atoms with Gasteiger partial charge in [0.25, 0.3) is 5.88 Å². The van der Waals surface area contributed by atoms with Gasteiger partial charge in [-0.2, -0.15) is 0 Å². The Morgan fingerprint density at radius 1 is 1.20 bits per heavy atom. The Hall–Kier alpha value is -2.83. The van der Waals surface area contributed by atoms with E-state index in [4.69, 9.17) is 14.2 Å². The monoisotopic (exact) mass is 274 g/mol. The second kappa shape index (κ2) is 5.04. The Kier molecular flexibility index (Phi) is 3.08. The van der Waals surface area contributed by atoms with Crippen LogP contribution in [-0.2, 0) is 0 Å². The maximum atomic E-state index is 10.9. The van der Waals surface area contributed by atoms with Crippen LogP contribution in [-0.4, -0.2) is 23.1 Å². The minimum Gasteiger partial charge on any atom is -0.486 e. The summed E-state index contributed by atoms with van der Waals surface area (Å²) in [5.41, 5.74) is -0.192. The smallest absolute Gasteiger partial charge is 0.331 e. The van der Waals surface area contributed by atoms with Crippen LogP contribution in [0, 0.1) is 10.1 Å². The van der Waals surface area contributed by atoms with E-state index in [1.165, 1.54) is 18.3 Å². The zero-order valence-corrected chi connectivity index (χ0v) is 10.3. The second-order valence-electron chi connectivity index (χ2n) is 3.99. The van der Waals surface area contributed by atoms with Gasteiger partial charge in [0.05, 0.1) is 4.92 Å². The van der Waals surface area contributed by atoms with E-state index in [1.807, 2.05) is 0 Å². The molecule has 2 aromatic rings. The van der Waals surface area contributed by atoms with E-state index < -0.39 is 4.92 Å². The van der Waals surface area contributed by atoms with E-state index in [1.54, 1.807) is 18.2 Å². The van der Waals surface area contributed by atoms with Crippen molar-refractivity contribution >= 4 is 5.69 Å². The lowest BCUT2D eigenvalue weighted by Gasteiger charge is -2.18. The molecule has 0 atom stereocenters. The van der Waals surface area contributed by atoms with Crippen molar-refractivity contribution in [3.63, 3.8) is 0 Å². The summed E-state index contributed by atoms with van der Waals surface area (Å²) < 4.78 is 16.3. The summed E-state index contributed by atoms with van der Waals surface area (Å²) in [4.78, 5) is 14.2. The van der Waals surface area contributed by atoms with Crippen LogP contribution in [0.4, 0.5) is 5.69 Å². The van der Waals surface area contributed by atoms with Gasteiger partial charge < -0.3 is 14.2 Å². The van der Waals surface area contributed by atoms with Crippen LogP contribution < -0.4 is 14.2 Å². The highest BCUT2D eigenvalue weighted by Crippen LogP contribution is 2.36. The van der Waals surface area contributed by atoms with Crippen molar-refractivity contribution in [3.8, 4) is 23.1 Å². The number of nitrogens with zero attached hydrogens (tertiary/aromatic N) is 2. The minimum absolute atomic E-state index is 0.0609. The van der Waals surface area contributed by atoms with Crippen molar-refractivity contribution in [1.82, 2.24) is 4.98 Å². The molecular weight excluding hydrogens is 264 g/mol. The fourth-order valence-corrected chi connectivity index (χ4v) is 1.80. The van der Waals surface area contributed by atoms with Crippen molar-refractivity contribution in [1.29, 1.82) is 0 Å². The number of nitro groups is 1. The fourth-order valence-electron chi connectivity index (χ4n) is 1.80. The van der Waals surface area contributed by atoms with Gasteiger partial charge in [0, 0.05) is 18.3 Å². The van der Waals surface area contributed by atoms with Gasteiger partial charge in [-0.05, 0) is 18.2 Å². The predicted molar refractivity (Wildman–Crippen MR) is 68.4 cm³/mol. The number of rotatable bonds is 3. The average Bonchev–Trinajstić information content (AvgIpc) is 2.47. The molecule has 0 spiro atoms. The van der Waals surface area contributed by atoms with Crippen LogP contribution in [0.2, 0.25) is 0 Å². The summed E-state index contributed by atoms with van der Waals surface area (Å²) in [6.45, 7) is 0.957. The van der Waals surface area contributed by atoms with Gasteiger partial charge in [-0.1, -0.05) is 0 Å². The van der Waals surface area contributed by atoms with E-state index in [2.05, 4.69) is 4.98 Å². The van der Waals surface area contributed by atoms with E-state index in [0.29, 0.717) is 30.5 Å². The standard InChI is InChI=1S/C13H10N2O5/c16-15(17)10-2-1-5-14-13(10)20-9-3-4-11-12(8-9)19-7-6-18-11/h1-5,8H,6-7H2. The molecule has 0 fully saturated rings. The molecule has 0 radical (unpaired) electrons. The van der Waals surface area contributed by atoms with Crippen molar-refractivity contribution in [3.05, 3.63) is 46.6 Å². The van der Waals surface area contributed by atoms with Crippen molar-refractivity contribution < 1.29 is 19.1 Å². The highest BCUT2D eigenvalue weighted by molar-refractivity contribution is 5.49. The van der Waals surface area contributed by atoms with E-state index in [-0.39, 0.29) is 11.6 Å². The fraction of sp³-hybridized carbons (Fsp3) is 0.154. The zero-order chi connectivity index (χ0) is 13.9. The van der Waals surface area contributed by atoms with Gasteiger partial charge in [0.1, 0.15) is 19.0 Å². The number of aromatic nitrogens is 1. The van der Waals surface area contributed by atoms with Crippen LogP contribution in [0.5, 0.6) is 23.1 Å². The third-order valence-electron chi connectivity index (χ3n) is 2.68. The molecule has 2 heterocycles. The number of hydrogen-bond donors (Lipinski definition) is 0. The molecular formula is C13H10N2O5. The van der Waals surface area contributed by atoms with Crippen LogP contribution >= 0.6 is 0 Å². The molecule has 0 unspecified atom stereocenters. The Bertz CT molecular complexity index is 659. The highest BCUT2D eigenvalue weighted by Gasteiger charge is 2.18. The number of fused-ring (bicyclic) bond motifs is 1. The molecule has 1 aliphatic rings. The Balaban J connectivity index is 1.90. The summed E-state index contributed by atoms with van der Waals surface area (Å²) in [5.74, 6) is 1.51. The molecule has 1 aromatic carbocycles. The molecule has 7 heteroatoms. The average molecular weight is 274 g/mol. The lowest BCUT2D eigenvalue weighted by atomic mass is 10.3. The van der Waals surface area contributed by atoms with E-state index in [0.717, 1.165) is 0 Å². The Morgan fingerprint density at radius 3 is 2.80 bits per heavy atom. The van der Waals surface area contributed by atoms with Gasteiger partial charge >= 0.3 is 5.69 Å². The van der Waals surface area contributed by atoms with Crippen LogP contribution in [0.25, 0.3) is 0 Å². The van der Waals surface area contributed by atoms with Gasteiger partial charge in [-0.3, -0.25) is 10.1 Å². The zero-order valence-electron chi connectivity index (χ0n) is 10.3. The highest BCUT2D eigenvalue weighted by atomic mass is 16.6. The maximum absolute atomic E-state index is 10.9. The molecule has 1 aromatic heterocycles. The van der Waals surface area contributed by atoms with Crippen LogP contribution in [0.3, 0.4) is 0 Å². The van der Waals surface area contributed by atoms with Crippen molar-refractivity contribution in [2.75, 3.05) is 13.2 Å². The summed E-state index contributed by atoms with van der Waals surface area (Å²) in [6.07, 6.45) is 1.43. The summed E-state index contributed by atoms with van der Waals surface area (Å²) >= 11 is 0. The van der Waals surface area contributed by atoms with Gasteiger partial charge in [-0.15, -0.1) is 0 Å². The van der Waals surface area contributed by atoms with Gasteiger partial charge in [-0.25, -0.2) is 4.98 Å². The molecule has 7 nitrogen and oxygen atoms in total. The molecule has 20 heavy (non-hydrogen) atoms. The third-order valence-corrected chi connectivity index (χ3v) is 2.68. The minimum atomic E-state index is -0.541. The SMILES string of the molecule is O=[N+]([O-])c1cccnc1Oc1ccc2c(c1)OCCO2. The quantitative estimate of drug-likeness (QED) is 0.631. The molecule has 0 aliphatic carbocycles. The number of hydrogen-bond acceptors (Lipinski definition) is 6. The van der Waals surface area contributed by atoms with E-state index >= 15 is 0 Å². The van der Waals surface area contributed by atoms with Crippen LogP contribution in [0.1, 0.15) is 0 Å². The molecule has 102 valence electrons. The molecule has 1 aliphatic heterocycles. The van der Waals surface area contributed by atoms with Crippen molar-refractivity contribution in [2.24, 2.45) is 0 Å². The van der Waals surface area contributed by atoms with Crippen LogP contribution in [0.15, 0.2) is 36.5 Å². The third kappa shape index (κ3) is 2.33. The molecule has 0 bridgehead atoms. The second-order valence-corrected chi connectivity index (χ2v) is 3.99. The van der Waals surface area contributed by atoms with E-state index in [9.17, 15) is 10.1 Å². The van der Waals surface area contributed by atoms with Gasteiger partial charge in [0.15, 0.2) is 11.5 Å². The summed E-state index contributed by atoms with van der Waals surface area (Å²) in [5, 5.41) is 10.9. The lowest BCUT2D eigenvalue weighted by Crippen LogP contribution is -2.15. The van der Waals surface area contributed by atoms with Gasteiger partial charge in [0.2, 0.25) is 0 Å². The Labute approximate surface area is 113 Å². The topological polar surface area (TPSA) is 83.7 Å². The first-order chi connectivity index (χ1) is 9.74. The number of pyridine rings is 1. The van der Waals surface area contributed by atoms with Crippen molar-refractivity contribution in [2.45, 2.75) is 0 Å². The predicted octanol–water partition coefficient (Wildman–Crippen LogP) is 2.55. The number of ether oxygens (including phenoxy) is 3. The first-order valence-electron chi connectivity index (χ1n) is 5.91. The first kappa shape index (κ1) is 12.2. The Morgan fingerprint density at radius 2 is 2.00 bits per heavy atom. The maximum Gasteiger partial charge on any atom is 0.331 e. The summed E-state index contributed by atoms with van der Waals surface area (Å²) in [7, 11) is 0. The summed E-state index contributed by atoms with van der Waals surface area (Å²) in [6, 6.07) is 7.77. The molecule has 0 amide bonds. The first-order valence-corrected chi connectivity index (χ1v) is 5.91. The molecule has 0 saturated heterocycles. The normalized spacial score (nSPS) is 12.8. The molecule has 0 saturated carbocycles. The number of benzene rings is 1.